The summed E-state index contributed by atoms with van der Waals surface area (Å²) < 4.78 is 4.86. The zero-order valence-corrected chi connectivity index (χ0v) is 7.05. The van der Waals surface area contributed by atoms with Crippen molar-refractivity contribution in [1.29, 1.82) is 0 Å². The van der Waals surface area contributed by atoms with Gasteiger partial charge in [-0.05, 0) is 26.4 Å². The maximum Gasteiger partial charge on any atom is 0.181 e. The molecule has 2 atom stereocenters. The first-order chi connectivity index (χ1) is 5.34. The van der Waals surface area contributed by atoms with Gasteiger partial charge < -0.3 is 15.2 Å². The topological polar surface area (TPSA) is 44.8 Å². The Labute approximate surface area is 67.7 Å². The maximum atomic E-state index is 8.79. The lowest BCUT2D eigenvalue weighted by molar-refractivity contribution is 0.156. The van der Waals surface area contributed by atoms with Crippen molar-refractivity contribution in [2.45, 2.75) is 38.1 Å². The van der Waals surface area contributed by atoms with Gasteiger partial charge in [-0.2, -0.15) is 0 Å². The van der Waals surface area contributed by atoms with E-state index in [0.717, 1.165) is 13.0 Å². The summed E-state index contributed by atoms with van der Waals surface area (Å²) in [5, 5.41) is 11.9. The molecule has 1 rings (SSSR count). The molecule has 11 heavy (non-hydrogen) atoms. The van der Waals surface area contributed by atoms with E-state index in [9.17, 15) is 0 Å². The second-order valence-corrected chi connectivity index (χ2v) is 3.02. The number of hydrogen-bond donors (Lipinski definition) is 2. The van der Waals surface area contributed by atoms with E-state index in [0.29, 0.717) is 0 Å². The molecule has 0 aromatic rings. The Balaban J connectivity index is 1.74. The van der Waals surface area contributed by atoms with Crippen LogP contribution in [-0.4, -0.2) is 31.1 Å². The highest BCUT2D eigenvalue weighted by molar-refractivity contribution is 4.74. The average molecular weight is 159 g/mol. The molecule has 0 spiro atoms. The number of aliphatic hydroxyl groups excluding tert-OH is 1. The number of nitrogens with one attached hydrogen (secondary N) is 1. The molecule has 0 aliphatic carbocycles. The van der Waals surface area contributed by atoms with Crippen molar-refractivity contribution in [3.8, 4) is 0 Å². The minimum absolute atomic E-state index is 0.157. The number of epoxide rings is 1. The van der Waals surface area contributed by atoms with Crippen LogP contribution >= 0.6 is 0 Å². The highest BCUT2D eigenvalue weighted by Gasteiger charge is 2.35. The Morgan fingerprint density at radius 2 is 2.09 bits per heavy atom. The lowest BCUT2D eigenvalue weighted by Gasteiger charge is -1.97. The SMILES string of the molecule is CNCCCCCC1OC1O. The van der Waals surface area contributed by atoms with Gasteiger partial charge in [0, 0.05) is 0 Å². The van der Waals surface area contributed by atoms with Crippen molar-refractivity contribution in [1.82, 2.24) is 5.32 Å². The summed E-state index contributed by atoms with van der Waals surface area (Å²) in [5.74, 6) is 0. The van der Waals surface area contributed by atoms with Crippen molar-refractivity contribution < 1.29 is 9.84 Å². The lowest BCUT2D eigenvalue weighted by atomic mass is 10.1. The van der Waals surface area contributed by atoms with Gasteiger partial charge in [-0.15, -0.1) is 0 Å². The van der Waals surface area contributed by atoms with Crippen LogP contribution in [0.2, 0.25) is 0 Å². The van der Waals surface area contributed by atoms with Gasteiger partial charge in [0.15, 0.2) is 6.29 Å². The third-order valence-corrected chi connectivity index (χ3v) is 1.97. The molecular formula is C8H17NO2. The highest BCUT2D eigenvalue weighted by atomic mass is 16.7. The number of unbranched alkanes of at least 4 members (excludes halogenated alkanes) is 2. The molecule has 1 aliphatic heterocycles. The molecule has 3 nitrogen and oxygen atoms in total. The molecule has 0 radical (unpaired) electrons. The quantitative estimate of drug-likeness (QED) is 0.438. The van der Waals surface area contributed by atoms with E-state index in [1.54, 1.807) is 0 Å². The maximum absolute atomic E-state index is 8.79. The van der Waals surface area contributed by atoms with E-state index < -0.39 is 6.29 Å². The van der Waals surface area contributed by atoms with Crippen molar-refractivity contribution in [2.75, 3.05) is 13.6 Å². The zero-order valence-electron chi connectivity index (χ0n) is 7.05. The lowest BCUT2D eigenvalue weighted by Crippen LogP contribution is -2.07. The van der Waals surface area contributed by atoms with Crippen LogP contribution in [0.25, 0.3) is 0 Å². The highest BCUT2D eigenvalue weighted by Crippen LogP contribution is 2.24. The van der Waals surface area contributed by atoms with E-state index in [4.69, 9.17) is 9.84 Å². The molecule has 2 unspecified atom stereocenters. The molecule has 0 saturated carbocycles. The van der Waals surface area contributed by atoms with Gasteiger partial charge in [0.05, 0.1) is 0 Å². The molecule has 1 saturated heterocycles. The van der Waals surface area contributed by atoms with Crippen LogP contribution in [0.3, 0.4) is 0 Å². The molecule has 3 heteroatoms. The Bertz CT molecular complexity index is 108. The van der Waals surface area contributed by atoms with Crippen molar-refractivity contribution in [2.24, 2.45) is 0 Å². The zero-order chi connectivity index (χ0) is 8.10. The van der Waals surface area contributed by atoms with Crippen LogP contribution in [0.5, 0.6) is 0 Å². The third-order valence-electron chi connectivity index (χ3n) is 1.97. The first kappa shape index (κ1) is 8.97. The molecule has 1 aliphatic rings. The molecule has 1 fully saturated rings. The standard InChI is InChI=1S/C8H17NO2/c1-9-6-4-2-3-5-7-8(10)11-7/h7-10H,2-6H2,1H3. The molecule has 0 amide bonds. The van der Waals surface area contributed by atoms with Gasteiger partial charge in [-0.3, -0.25) is 0 Å². The fourth-order valence-corrected chi connectivity index (χ4v) is 1.17. The van der Waals surface area contributed by atoms with Gasteiger partial charge in [0.2, 0.25) is 0 Å². The summed E-state index contributed by atoms with van der Waals surface area (Å²) in [6, 6.07) is 0. The van der Waals surface area contributed by atoms with E-state index >= 15 is 0 Å². The summed E-state index contributed by atoms with van der Waals surface area (Å²) >= 11 is 0. The van der Waals surface area contributed by atoms with Gasteiger partial charge >= 0.3 is 0 Å². The Hall–Kier alpha value is -0.120. The van der Waals surface area contributed by atoms with Gasteiger partial charge in [-0.25, -0.2) is 0 Å². The van der Waals surface area contributed by atoms with Crippen LogP contribution in [0.4, 0.5) is 0 Å². The van der Waals surface area contributed by atoms with Crippen LogP contribution in [0.1, 0.15) is 25.7 Å². The number of hydrogen-bond acceptors (Lipinski definition) is 3. The monoisotopic (exact) mass is 159 g/mol. The van der Waals surface area contributed by atoms with E-state index in [-0.39, 0.29) is 6.10 Å². The van der Waals surface area contributed by atoms with E-state index in [2.05, 4.69) is 5.32 Å². The van der Waals surface area contributed by atoms with Crippen LogP contribution < -0.4 is 5.32 Å². The summed E-state index contributed by atoms with van der Waals surface area (Å²) in [5.41, 5.74) is 0. The Morgan fingerprint density at radius 1 is 1.36 bits per heavy atom. The normalized spacial score (nSPS) is 28.9. The van der Waals surface area contributed by atoms with Gasteiger partial charge in [-0.1, -0.05) is 12.8 Å². The predicted octanol–water partition coefficient (Wildman–Crippen LogP) is 0.483. The first-order valence-corrected chi connectivity index (χ1v) is 4.32. The smallest absolute Gasteiger partial charge is 0.181 e. The average Bonchev–Trinajstić information content (AvgIpc) is 2.67. The van der Waals surface area contributed by atoms with Gasteiger partial charge in [0.1, 0.15) is 6.10 Å². The Kier molecular flexibility index (Phi) is 3.83. The van der Waals surface area contributed by atoms with E-state index in [1.807, 2.05) is 7.05 Å². The number of aliphatic hydroxyl groups is 1. The van der Waals surface area contributed by atoms with Crippen molar-refractivity contribution >= 4 is 0 Å². The molecular weight excluding hydrogens is 142 g/mol. The number of rotatable bonds is 6. The molecule has 0 aromatic heterocycles. The minimum Gasteiger partial charge on any atom is -0.366 e. The molecule has 0 aromatic carbocycles. The summed E-state index contributed by atoms with van der Waals surface area (Å²) in [6.07, 6.45) is 4.35. The molecule has 2 N–H and O–H groups in total. The molecule has 0 bridgehead atoms. The molecule has 66 valence electrons. The van der Waals surface area contributed by atoms with Crippen LogP contribution in [-0.2, 0) is 4.74 Å². The second kappa shape index (κ2) is 4.70. The fraction of sp³-hybridized carbons (Fsp3) is 1.00. The molecule has 1 heterocycles. The Morgan fingerprint density at radius 3 is 2.64 bits per heavy atom. The largest absolute Gasteiger partial charge is 0.366 e. The third kappa shape index (κ3) is 3.70. The van der Waals surface area contributed by atoms with Crippen LogP contribution in [0.15, 0.2) is 0 Å². The minimum atomic E-state index is -0.445. The second-order valence-electron chi connectivity index (χ2n) is 3.02. The first-order valence-electron chi connectivity index (χ1n) is 4.32. The summed E-state index contributed by atoms with van der Waals surface area (Å²) in [4.78, 5) is 0. The van der Waals surface area contributed by atoms with E-state index in [1.165, 1.54) is 19.3 Å². The predicted molar refractivity (Wildman–Crippen MR) is 43.3 cm³/mol. The van der Waals surface area contributed by atoms with Crippen LogP contribution in [0, 0.1) is 0 Å². The fourth-order valence-electron chi connectivity index (χ4n) is 1.17. The number of ether oxygens (including phenoxy) is 1. The van der Waals surface area contributed by atoms with Crippen molar-refractivity contribution in [3.05, 3.63) is 0 Å². The van der Waals surface area contributed by atoms with Crippen molar-refractivity contribution in [3.63, 3.8) is 0 Å². The summed E-state index contributed by atoms with van der Waals surface area (Å²) in [6.45, 7) is 1.09. The van der Waals surface area contributed by atoms with Gasteiger partial charge in [0.25, 0.3) is 0 Å². The summed E-state index contributed by atoms with van der Waals surface area (Å²) in [7, 11) is 1.97.